The van der Waals surface area contributed by atoms with Crippen LogP contribution in [0.25, 0.3) is 10.9 Å². The van der Waals surface area contributed by atoms with Crippen molar-refractivity contribution in [1.29, 1.82) is 0 Å². The summed E-state index contributed by atoms with van der Waals surface area (Å²) in [7, 11) is 2.76. The summed E-state index contributed by atoms with van der Waals surface area (Å²) in [5.74, 6) is -13.2. The summed E-state index contributed by atoms with van der Waals surface area (Å²) in [5, 5.41) is 50.5. The Kier molecular flexibility index (Phi) is 17.6. The first-order valence-electron chi connectivity index (χ1n) is 28.8. The summed E-state index contributed by atoms with van der Waals surface area (Å²) in [4.78, 5) is 115. The smallest absolute Gasteiger partial charge is 0.341 e. The van der Waals surface area contributed by atoms with Gasteiger partial charge in [-0.2, -0.15) is 0 Å². The lowest BCUT2D eigenvalue weighted by Crippen LogP contribution is -2.51. The van der Waals surface area contributed by atoms with Crippen LogP contribution in [0, 0.1) is 42.3 Å². The number of benzene rings is 2. The van der Waals surface area contributed by atoms with Gasteiger partial charge in [-0.1, -0.05) is 45.9 Å². The number of nitrogens with one attached hydrogen (secondary N) is 2. The number of aromatic hydroxyl groups is 1. The minimum Gasteiger partial charge on any atom is -0.507 e. The molecule has 10 rings (SSSR count). The number of ether oxygens (including phenoxy) is 5. The predicted octanol–water partition coefficient (Wildman–Crippen LogP) is 5.95. The maximum Gasteiger partial charge on any atom is 0.341 e. The second kappa shape index (κ2) is 24.2. The number of fused-ring (bicyclic) bond motifs is 15. The number of phenolic OH excluding ortho intramolecular Hbond substituents is 1. The first-order chi connectivity index (χ1) is 40.2. The van der Waals surface area contributed by atoms with Gasteiger partial charge in [-0.15, -0.1) is 0 Å². The molecule has 6 N–H and O–H groups in total. The second-order valence-electron chi connectivity index (χ2n) is 23.5. The zero-order valence-corrected chi connectivity index (χ0v) is 49.3. The van der Waals surface area contributed by atoms with Gasteiger partial charge in [0.05, 0.1) is 59.3 Å². The first-order valence-corrected chi connectivity index (χ1v) is 28.8. The van der Waals surface area contributed by atoms with Crippen LogP contribution in [0.1, 0.15) is 140 Å². The van der Waals surface area contributed by atoms with Gasteiger partial charge in [0, 0.05) is 106 Å². The van der Waals surface area contributed by atoms with Gasteiger partial charge >= 0.3 is 17.7 Å². The van der Waals surface area contributed by atoms with Crippen LogP contribution in [0.15, 0.2) is 64.6 Å². The van der Waals surface area contributed by atoms with E-state index in [1.807, 2.05) is 0 Å². The third-order valence-electron chi connectivity index (χ3n) is 17.8. The van der Waals surface area contributed by atoms with Crippen LogP contribution < -0.4 is 30.4 Å². The summed E-state index contributed by atoms with van der Waals surface area (Å²) < 4.78 is 47.6. The van der Waals surface area contributed by atoms with Crippen LogP contribution in [-0.2, 0) is 28.6 Å². The number of carboxylic acid groups (broad SMARTS) is 1. The fourth-order valence-electron chi connectivity index (χ4n) is 12.7. The van der Waals surface area contributed by atoms with E-state index in [2.05, 4.69) is 10.6 Å². The Labute approximate surface area is 490 Å². The van der Waals surface area contributed by atoms with Crippen LogP contribution in [0.5, 0.6) is 17.2 Å². The van der Waals surface area contributed by atoms with E-state index < -0.39 is 140 Å². The van der Waals surface area contributed by atoms with Crippen LogP contribution in [0.3, 0.4) is 0 Å². The molecule has 456 valence electrons. The number of halogens is 1. The van der Waals surface area contributed by atoms with E-state index in [0.717, 1.165) is 25.2 Å². The fourth-order valence-corrected chi connectivity index (χ4v) is 12.7. The minimum absolute atomic E-state index is 0.000893. The highest BCUT2D eigenvalue weighted by molar-refractivity contribution is 6.32. The molecule has 1 unspecified atom stereocenters. The van der Waals surface area contributed by atoms with E-state index in [4.69, 9.17) is 23.7 Å². The SMILES string of the molecule is COc1c(N2CCCC(NC(=O)C3CCN(C4=C5NC(=O)C(C)=CC=C[C@H](C)[C@H](O)[C@@H](C)[C@@H](O)[C@@H](C)[C@H](OC(C)=O)[C@H](C)[C@@H](OC)C=CO[C@@]6(C)Oc7c(C)c(O)c(c(c7C6=O)C4=O)C5=O)CC3)C2)c(F)cc2c(=O)c(C(=O)O)cn(C3CC3)c12. The van der Waals surface area contributed by atoms with Crippen LogP contribution in [0.4, 0.5) is 10.1 Å². The number of phenols is 1. The zero-order valence-electron chi connectivity index (χ0n) is 49.3. The van der Waals surface area contributed by atoms with Crippen molar-refractivity contribution in [3.63, 3.8) is 0 Å². The van der Waals surface area contributed by atoms with Crippen LogP contribution in [-0.4, -0.2) is 148 Å². The molecular weight excluding hydrogens is 1110 g/mol. The lowest BCUT2D eigenvalue weighted by atomic mass is 9.78. The lowest BCUT2D eigenvalue weighted by Gasteiger charge is -2.38. The van der Waals surface area contributed by atoms with Gasteiger partial charge in [0.15, 0.2) is 11.6 Å². The largest absolute Gasteiger partial charge is 0.507 e. The minimum atomic E-state index is -2.19. The van der Waals surface area contributed by atoms with Crippen molar-refractivity contribution in [1.82, 2.24) is 20.1 Å². The summed E-state index contributed by atoms with van der Waals surface area (Å²) in [6.45, 7) is 12.7. The quantitative estimate of drug-likeness (QED) is 0.135. The van der Waals surface area contributed by atoms with Gasteiger partial charge in [-0.25, -0.2) is 9.18 Å². The third-order valence-corrected chi connectivity index (χ3v) is 17.8. The average molecular weight is 1180 g/mol. The Balaban J connectivity index is 1.01. The van der Waals surface area contributed by atoms with E-state index in [0.29, 0.717) is 19.4 Å². The molecule has 0 radical (unpaired) electrons. The Morgan fingerprint density at radius 1 is 0.871 bits per heavy atom. The van der Waals surface area contributed by atoms with E-state index >= 15 is 14.0 Å². The standard InChI is InChI=1S/C62H74FN5O17/c1-28-13-11-14-29(2)59(77)65-45-48(66-22-18-35(19-23-66)60(78)64-36-15-12-21-67(26-36)47-40(63)25-38-46(57(47)82-10)68(37-16-17-37)27-39(52(38)73)61(79)80)54(75)42-43(53(45)74)51(72)33(6)56-44(42)58(76)62(8,85-56)83-24-20-41(81-9)30(3)55(84-34(7)69)32(5)50(71)31(4)49(28)70/h11,13-14,20,24-25,27-28,30-32,35-37,41,49-50,55,70-72H,12,15-19,21-23,26H2,1-10H3,(H,64,78)(H,65,77)(H,79,80)/t28-,30+,31+,32+,36?,41-,49-,50+,55+,62-/m0/s1. The molecule has 3 fully saturated rings. The predicted molar refractivity (Wildman–Crippen MR) is 306 cm³/mol. The van der Waals surface area contributed by atoms with Crippen molar-refractivity contribution >= 4 is 57.7 Å². The van der Waals surface area contributed by atoms with Crippen LogP contribution in [0.2, 0.25) is 0 Å². The molecule has 1 aromatic heterocycles. The van der Waals surface area contributed by atoms with E-state index in [1.165, 1.54) is 66.3 Å². The van der Waals surface area contributed by atoms with Crippen LogP contribution >= 0.6 is 0 Å². The number of aliphatic hydroxyl groups excluding tert-OH is 2. The molecule has 22 nitrogen and oxygen atoms in total. The topological polar surface area (TPSA) is 299 Å². The highest BCUT2D eigenvalue weighted by atomic mass is 19.1. The summed E-state index contributed by atoms with van der Waals surface area (Å²) in [6.07, 6.45) is 7.11. The van der Waals surface area contributed by atoms with Crippen molar-refractivity contribution in [3.05, 3.63) is 104 Å². The lowest BCUT2D eigenvalue weighted by molar-refractivity contribution is -0.160. The summed E-state index contributed by atoms with van der Waals surface area (Å²) >= 11 is 0. The Hall–Kier alpha value is -7.89. The number of carbonyl (C=O) groups excluding carboxylic acids is 6. The highest BCUT2D eigenvalue weighted by Crippen LogP contribution is 2.50. The van der Waals surface area contributed by atoms with E-state index in [9.17, 15) is 49.2 Å². The number of aliphatic hydroxyl groups is 2. The number of rotatable bonds is 9. The number of ketones is 3. The molecule has 0 spiro atoms. The van der Waals surface area contributed by atoms with Crippen molar-refractivity contribution < 1.29 is 82.1 Å². The Bertz CT molecular complexity index is 3460. The number of aromatic carboxylic acids is 1. The van der Waals surface area contributed by atoms with Gasteiger partial charge in [0.25, 0.3) is 11.7 Å². The number of aromatic nitrogens is 1. The van der Waals surface area contributed by atoms with Crippen molar-refractivity contribution in [3.8, 4) is 17.2 Å². The Morgan fingerprint density at radius 3 is 2.20 bits per heavy atom. The van der Waals surface area contributed by atoms with Crippen molar-refractivity contribution in [2.24, 2.45) is 29.6 Å². The van der Waals surface area contributed by atoms with E-state index in [1.54, 1.807) is 48.1 Å². The number of Topliss-reactive ketones (excluding diaryl/α,β-unsaturated/α-hetero) is 3. The fraction of sp³-hybridized carbons (Fsp3) is 0.516. The van der Waals surface area contributed by atoms with Gasteiger partial charge in [-0.05, 0) is 64.5 Å². The van der Waals surface area contributed by atoms with Crippen molar-refractivity contribution in [2.75, 3.05) is 45.3 Å². The van der Waals surface area contributed by atoms with Gasteiger partial charge < -0.3 is 69.1 Å². The molecular formula is C62H74FN5O17. The number of amides is 2. The maximum atomic E-state index is 16.3. The van der Waals surface area contributed by atoms with E-state index in [-0.39, 0.29) is 94.9 Å². The number of carboxylic acids is 1. The molecule has 6 heterocycles. The molecule has 10 atom stereocenters. The van der Waals surface area contributed by atoms with Gasteiger partial charge in [-0.3, -0.25) is 33.6 Å². The maximum absolute atomic E-state index is 16.3. The normalized spacial score (nSPS) is 28.0. The molecule has 5 bridgehead atoms. The molecule has 3 aromatic rings. The van der Waals surface area contributed by atoms with Gasteiger partial charge in [0.1, 0.15) is 40.2 Å². The average Bonchev–Trinajstić information content (AvgIpc) is 1.70. The molecule has 2 amide bonds. The zero-order chi connectivity index (χ0) is 61.8. The summed E-state index contributed by atoms with van der Waals surface area (Å²) in [5.41, 5.74) is -3.13. The molecule has 23 heteroatoms. The second-order valence-corrected chi connectivity index (χ2v) is 23.5. The number of hydrogen-bond acceptors (Lipinski definition) is 18. The Morgan fingerprint density at radius 2 is 1.56 bits per heavy atom. The molecule has 1 saturated carbocycles. The number of methoxy groups -OCH3 is 2. The number of nitrogens with zero attached hydrogens (tertiary/aromatic N) is 3. The molecule has 5 aliphatic heterocycles. The number of piperidine rings is 2. The molecule has 2 aliphatic carbocycles. The molecule has 2 saturated heterocycles. The number of carbonyl (C=O) groups is 7. The number of esters is 1. The number of likely N-dealkylation sites (tertiary alicyclic amines) is 1. The number of hydrogen-bond donors (Lipinski definition) is 6. The molecule has 2 aromatic carbocycles. The molecule has 7 aliphatic rings. The van der Waals surface area contributed by atoms with Crippen molar-refractivity contribution in [2.45, 2.75) is 136 Å². The number of allylic oxidation sites excluding steroid dienone is 4. The first kappa shape index (κ1) is 61.7. The third kappa shape index (κ3) is 11.4. The number of pyridine rings is 1. The van der Waals surface area contributed by atoms with Gasteiger partial charge in [0.2, 0.25) is 22.9 Å². The monoisotopic (exact) mass is 1180 g/mol. The highest BCUT2D eigenvalue weighted by Gasteiger charge is 2.53. The summed E-state index contributed by atoms with van der Waals surface area (Å²) in [6, 6.07) is 0.465. The number of anilines is 1. The molecule has 85 heavy (non-hydrogen) atoms.